The van der Waals surface area contributed by atoms with Crippen LogP contribution >= 0.6 is 0 Å². The Morgan fingerprint density at radius 1 is 1.75 bits per heavy atom. The van der Waals surface area contributed by atoms with E-state index < -0.39 is 0 Å². The Balaban J connectivity index is 2.11. The molecular weight excluding hydrogens is 50.0 g/mol. The Morgan fingerprint density at radius 3 is 2.25 bits per heavy atom. The maximum Gasteiger partial charge on any atom is 0.0428 e. The molecule has 24 valence electrons. The molecule has 0 spiro atoms. The number of hydrogen-bond donors (Lipinski definition) is 1. The average Bonchev–Trinajstić information content (AvgIpc) is 1.33. The highest BCUT2D eigenvalue weighted by molar-refractivity contribution is 4.56. The van der Waals surface area contributed by atoms with E-state index >= 15 is 0 Å². The Kier molecular flexibility index (Phi) is 0.177. The van der Waals surface area contributed by atoms with E-state index in [9.17, 15) is 0 Å². The maximum absolute atomic E-state index is 6.81. The van der Waals surface area contributed by atoms with Gasteiger partial charge in [-0.05, 0) is 19.5 Å². The first kappa shape index (κ1) is 0.977. The van der Waals surface area contributed by atoms with Crippen LogP contribution in [0.25, 0.3) is 0 Å². The van der Waals surface area contributed by atoms with Crippen LogP contribution in [0.4, 0.5) is 0 Å². The molecule has 4 heavy (non-hydrogen) atoms. The van der Waals surface area contributed by atoms with Gasteiger partial charge in [-0.3, -0.25) is 0 Å². The van der Waals surface area contributed by atoms with Gasteiger partial charge in [0.05, 0.1) is 0 Å². The van der Waals surface area contributed by atoms with Crippen molar-refractivity contribution in [3.05, 3.63) is 0 Å². The normalized spacial score (nSPS) is 68.0. The summed E-state index contributed by atoms with van der Waals surface area (Å²) in [6.45, 7) is -0.292. The van der Waals surface area contributed by atoms with Crippen molar-refractivity contribution in [1.82, 2.24) is 5.32 Å². The van der Waals surface area contributed by atoms with Crippen LogP contribution in [0.5, 0.6) is 0 Å². The van der Waals surface area contributed by atoms with E-state index in [0.29, 0.717) is 6.42 Å². The first-order valence-corrected chi connectivity index (χ1v) is 1.39. The number of nitrogens with one attached hydrogen (secondary N) is 1. The lowest BCUT2D eigenvalue weighted by molar-refractivity contribution is 0.527. The van der Waals surface area contributed by atoms with Crippen LogP contribution in [0.3, 0.4) is 0 Å². The Bertz CT molecular complexity index is 44.8. The number of rotatable bonds is 0. The smallest absolute Gasteiger partial charge is 0.0428 e. The summed E-state index contributed by atoms with van der Waals surface area (Å²) in [5, 5.41) is 2.64. The van der Waals surface area contributed by atoms with Crippen molar-refractivity contribution in [1.29, 1.82) is 0 Å². The largest absolute Gasteiger partial charge is 0.317 e. The summed E-state index contributed by atoms with van der Waals surface area (Å²) in [4.78, 5) is 0. The van der Waals surface area contributed by atoms with Gasteiger partial charge in [0.1, 0.15) is 0 Å². The van der Waals surface area contributed by atoms with Gasteiger partial charge in [-0.1, -0.05) is 0 Å². The standard InChI is InChI=1S/C3H7N/c1-2-4-3-1/h4H,1-3H2/i2D,3D. The van der Waals surface area contributed by atoms with Crippen LogP contribution in [0.2, 0.25) is 0 Å². The average molecular weight is 59.1 g/mol. The van der Waals surface area contributed by atoms with Gasteiger partial charge < -0.3 is 5.32 Å². The van der Waals surface area contributed by atoms with Gasteiger partial charge >= 0.3 is 0 Å². The predicted molar refractivity (Wildman–Crippen MR) is 17.5 cm³/mol. The molecule has 0 aromatic carbocycles. The highest BCUT2D eigenvalue weighted by Gasteiger charge is 1.92. The second kappa shape index (κ2) is 0.725. The second-order valence-corrected chi connectivity index (χ2v) is 0.811. The van der Waals surface area contributed by atoms with Crippen LogP contribution < -0.4 is 5.32 Å². The first-order valence-electron chi connectivity index (χ1n) is 2.55. The lowest BCUT2D eigenvalue weighted by atomic mass is 10.3. The van der Waals surface area contributed by atoms with Gasteiger partial charge in [-0.25, -0.2) is 0 Å². The quantitative estimate of drug-likeness (QED) is 0.413. The molecule has 1 nitrogen and oxygen atoms in total. The minimum absolute atomic E-state index is 0.146. The minimum Gasteiger partial charge on any atom is -0.317 e. The van der Waals surface area contributed by atoms with Crippen molar-refractivity contribution in [3.8, 4) is 0 Å². The van der Waals surface area contributed by atoms with Crippen molar-refractivity contribution < 1.29 is 2.74 Å². The lowest BCUT2D eigenvalue weighted by Gasteiger charge is -2.09. The fraction of sp³-hybridized carbons (Fsp3) is 1.00. The van der Waals surface area contributed by atoms with Crippen LogP contribution in [-0.4, -0.2) is 13.0 Å². The van der Waals surface area contributed by atoms with Crippen molar-refractivity contribution in [2.75, 3.05) is 13.0 Å². The van der Waals surface area contributed by atoms with Gasteiger partial charge in [0.15, 0.2) is 0 Å². The molecule has 0 radical (unpaired) electrons. The zero-order valence-electron chi connectivity index (χ0n) is 4.36. The van der Waals surface area contributed by atoms with Gasteiger partial charge in [0.25, 0.3) is 0 Å². The third-order valence-electron chi connectivity index (χ3n) is 0.471. The summed E-state index contributed by atoms with van der Waals surface area (Å²) in [5.74, 6) is 0. The third kappa shape index (κ3) is 0.115. The third-order valence-corrected chi connectivity index (χ3v) is 0.471. The fourth-order valence-electron chi connectivity index (χ4n) is 0.118. The molecule has 1 aliphatic rings. The van der Waals surface area contributed by atoms with Gasteiger partial charge in [-0.2, -0.15) is 0 Å². The molecule has 1 fully saturated rings. The molecular formula is C3H7N. The molecule has 0 aromatic heterocycles. The molecule has 1 aliphatic heterocycles. The van der Waals surface area contributed by atoms with Crippen molar-refractivity contribution in [2.24, 2.45) is 0 Å². The molecule has 0 aromatic rings. The molecule has 2 unspecified atom stereocenters. The van der Waals surface area contributed by atoms with Crippen molar-refractivity contribution >= 4 is 0 Å². The van der Waals surface area contributed by atoms with Gasteiger partial charge in [-0.15, -0.1) is 0 Å². The van der Waals surface area contributed by atoms with Crippen molar-refractivity contribution in [3.63, 3.8) is 0 Å². The highest BCUT2D eigenvalue weighted by Crippen LogP contribution is 1.80. The van der Waals surface area contributed by atoms with Crippen LogP contribution in [0, 0.1) is 0 Å². The van der Waals surface area contributed by atoms with Crippen molar-refractivity contribution in [2.45, 2.75) is 6.42 Å². The molecule has 0 saturated carbocycles. The fourth-order valence-corrected chi connectivity index (χ4v) is 0.118. The molecule has 1 heterocycles. The van der Waals surface area contributed by atoms with E-state index in [1.807, 2.05) is 0 Å². The van der Waals surface area contributed by atoms with E-state index in [1.54, 1.807) is 0 Å². The Hall–Kier alpha value is -0.0400. The summed E-state index contributed by atoms with van der Waals surface area (Å²) in [7, 11) is 0. The monoisotopic (exact) mass is 59.1 g/mol. The van der Waals surface area contributed by atoms with Gasteiger partial charge in [0, 0.05) is 2.74 Å². The summed E-state index contributed by atoms with van der Waals surface area (Å²) in [5.41, 5.74) is 0. The van der Waals surface area contributed by atoms with E-state index in [1.165, 1.54) is 0 Å². The SMILES string of the molecule is [2H]C1CC([2H])N1. The van der Waals surface area contributed by atoms with Crippen LogP contribution in [0.15, 0.2) is 0 Å². The molecule has 1 rings (SSSR count). The molecule has 0 amide bonds. The first-order chi connectivity index (χ1) is 2.79. The molecule has 2 atom stereocenters. The summed E-state index contributed by atoms with van der Waals surface area (Å²) in [6, 6.07) is 0. The Morgan fingerprint density at radius 2 is 2.25 bits per heavy atom. The van der Waals surface area contributed by atoms with E-state index in [0.717, 1.165) is 0 Å². The Labute approximate surface area is 28.8 Å². The summed E-state index contributed by atoms with van der Waals surface area (Å²) in [6.07, 6.45) is 0.694. The zero-order chi connectivity index (χ0) is 4.57. The van der Waals surface area contributed by atoms with E-state index in [-0.39, 0.29) is 13.0 Å². The lowest BCUT2D eigenvalue weighted by Crippen LogP contribution is -2.29. The van der Waals surface area contributed by atoms with Gasteiger partial charge in [0.2, 0.25) is 0 Å². The molecule has 1 N–H and O–H groups in total. The second-order valence-electron chi connectivity index (χ2n) is 0.811. The molecule has 0 aliphatic carbocycles. The summed E-state index contributed by atoms with van der Waals surface area (Å²) < 4.78 is 13.6. The van der Waals surface area contributed by atoms with Crippen LogP contribution in [0.1, 0.15) is 9.16 Å². The molecule has 0 bridgehead atoms. The van der Waals surface area contributed by atoms with E-state index in [4.69, 9.17) is 2.74 Å². The topological polar surface area (TPSA) is 12.0 Å². The van der Waals surface area contributed by atoms with E-state index in [2.05, 4.69) is 5.32 Å². The molecule has 1 saturated heterocycles. The minimum atomic E-state index is -0.146. The zero-order valence-corrected chi connectivity index (χ0v) is 2.36. The van der Waals surface area contributed by atoms with Crippen LogP contribution in [-0.2, 0) is 0 Å². The molecule has 1 heteroatoms. The maximum atomic E-state index is 6.81. The highest BCUT2D eigenvalue weighted by atomic mass is 14.9. The number of hydrogen-bond acceptors (Lipinski definition) is 1. The predicted octanol–water partition coefficient (Wildman–Crippen LogP) is -0.0203. The summed E-state index contributed by atoms with van der Waals surface area (Å²) >= 11 is 0.